The Balaban J connectivity index is 2.13. The molecule has 0 heterocycles. The molecular formula is C20H15Br. The van der Waals surface area contributed by atoms with Crippen LogP contribution in [0.4, 0.5) is 0 Å². The highest BCUT2D eigenvalue weighted by atomic mass is 79.9. The zero-order valence-electron chi connectivity index (χ0n) is 11.8. The first-order chi connectivity index (χ1) is 10.2. The van der Waals surface area contributed by atoms with Crippen LogP contribution in [-0.2, 0) is 5.41 Å². The van der Waals surface area contributed by atoms with Gasteiger partial charge in [0.1, 0.15) is 0 Å². The lowest BCUT2D eigenvalue weighted by molar-refractivity contribution is 0.710. The van der Waals surface area contributed by atoms with Gasteiger partial charge in [-0.2, -0.15) is 0 Å². The Labute approximate surface area is 133 Å². The summed E-state index contributed by atoms with van der Waals surface area (Å²) >= 11 is 3.78. The van der Waals surface area contributed by atoms with Crippen LogP contribution >= 0.6 is 15.9 Å². The normalized spacial score (nSPS) is 19.1. The van der Waals surface area contributed by atoms with Gasteiger partial charge in [0.15, 0.2) is 0 Å². The number of rotatable bonds is 1. The van der Waals surface area contributed by atoms with Crippen LogP contribution in [0.2, 0.25) is 0 Å². The van der Waals surface area contributed by atoms with E-state index in [9.17, 15) is 0 Å². The van der Waals surface area contributed by atoms with Gasteiger partial charge in [-0.15, -0.1) is 0 Å². The van der Waals surface area contributed by atoms with E-state index in [1.165, 1.54) is 32.3 Å². The minimum absolute atomic E-state index is 0.104. The van der Waals surface area contributed by atoms with Gasteiger partial charge in [-0.1, -0.05) is 82.7 Å². The number of hydrogen-bond donors (Lipinski definition) is 0. The van der Waals surface area contributed by atoms with Crippen LogP contribution in [0, 0.1) is 0 Å². The van der Waals surface area contributed by atoms with Crippen molar-refractivity contribution in [1.82, 2.24) is 0 Å². The van der Waals surface area contributed by atoms with E-state index in [4.69, 9.17) is 0 Å². The summed E-state index contributed by atoms with van der Waals surface area (Å²) in [6, 6.07) is 26.0. The fraction of sp³-hybridized carbons (Fsp3) is 0.100. The smallest absolute Gasteiger partial charge is 0.0446 e. The molecule has 0 amide bonds. The summed E-state index contributed by atoms with van der Waals surface area (Å²) < 4.78 is 1.18. The summed E-state index contributed by atoms with van der Waals surface area (Å²) in [5.41, 5.74) is 6.68. The SMILES string of the molecule is CC1(c2ccccc2)c2ccccc2-c2cccc(Br)c21. The lowest BCUT2D eigenvalue weighted by atomic mass is 9.74. The standard InChI is InChI=1S/C20H15Br/c1-20(14-8-3-2-4-9-14)17-12-6-5-10-15(17)16-11-7-13-18(21)19(16)20/h2-13H,1H3. The minimum Gasteiger partial charge on any atom is -0.0622 e. The van der Waals surface area contributed by atoms with E-state index in [0.29, 0.717) is 0 Å². The molecule has 1 unspecified atom stereocenters. The maximum absolute atomic E-state index is 3.78. The Morgan fingerprint density at radius 3 is 2.19 bits per heavy atom. The molecule has 0 N–H and O–H groups in total. The largest absolute Gasteiger partial charge is 0.0622 e. The van der Waals surface area contributed by atoms with Crippen LogP contribution < -0.4 is 0 Å². The Bertz CT molecular complexity index is 820. The molecule has 102 valence electrons. The van der Waals surface area contributed by atoms with Gasteiger partial charge in [-0.25, -0.2) is 0 Å². The van der Waals surface area contributed by atoms with Crippen LogP contribution in [0.1, 0.15) is 23.6 Å². The minimum atomic E-state index is -0.104. The fourth-order valence-corrected chi connectivity index (χ4v) is 4.38. The van der Waals surface area contributed by atoms with Crippen molar-refractivity contribution in [3.05, 3.63) is 94.0 Å². The summed E-state index contributed by atoms with van der Waals surface area (Å²) in [7, 11) is 0. The predicted molar refractivity (Wildman–Crippen MR) is 91.6 cm³/mol. The van der Waals surface area contributed by atoms with Gasteiger partial charge in [-0.3, -0.25) is 0 Å². The molecule has 0 nitrogen and oxygen atoms in total. The van der Waals surface area contributed by atoms with Crippen LogP contribution in [0.15, 0.2) is 77.3 Å². The van der Waals surface area contributed by atoms with Gasteiger partial charge in [0.2, 0.25) is 0 Å². The third-order valence-electron chi connectivity index (χ3n) is 4.62. The second kappa shape index (κ2) is 4.57. The zero-order valence-corrected chi connectivity index (χ0v) is 13.4. The Morgan fingerprint density at radius 2 is 1.38 bits per heavy atom. The summed E-state index contributed by atoms with van der Waals surface area (Å²) in [4.78, 5) is 0. The Kier molecular flexibility index (Phi) is 2.80. The molecule has 0 saturated carbocycles. The highest BCUT2D eigenvalue weighted by Crippen LogP contribution is 2.54. The highest BCUT2D eigenvalue weighted by Gasteiger charge is 2.41. The third kappa shape index (κ3) is 1.67. The Morgan fingerprint density at radius 1 is 0.714 bits per heavy atom. The van der Waals surface area contributed by atoms with Gasteiger partial charge in [0.25, 0.3) is 0 Å². The topological polar surface area (TPSA) is 0 Å². The molecule has 0 radical (unpaired) electrons. The first-order valence-corrected chi connectivity index (χ1v) is 7.96. The van der Waals surface area contributed by atoms with Crippen molar-refractivity contribution in [1.29, 1.82) is 0 Å². The van der Waals surface area contributed by atoms with Crippen molar-refractivity contribution >= 4 is 15.9 Å². The first kappa shape index (κ1) is 12.8. The second-order valence-electron chi connectivity index (χ2n) is 5.70. The number of halogens is 1. The molecule has 1 atom stereocenters. The molecule has 0 saturated heterocycles. The summed E-state index contributed by atoms with van der Waals surface area (Å²) in [6.07, 6.45) is 0. The molecular weight excluding hydrogens is 320 g/mol. The van der Waals surface area contributed by atoms with Crippen LogP contribution in [0.3, 0.4) is 0 Å². The maximum Gasteiger partial charge on any atom is 0.0446 e. The molecule has 0 aliphatic heterocycles. The molecule has 0 fully saturated rings. The molecule has 0 spiro atoms. The molecule has 0 aromatic heterocycles. The van der Waals surface area contributed by atoms with Crippen molar-refractivity contribution in [2.24, 2.45) is 0 Å². The summed E-state index contributed by atoms with van der Waals surface area (Å²) in [5.74, 6) is 0. The van der Waals surface area contributed by atoms with Gasteiger partial charge < -0.3 is 0 Å². The number of fused-ring (bicyclic) bond motifs is 3. The summed E-state index contributed by atoms with van der Waals surface area (Å²) in [5, 5.41) is 0. The van der Waals surface area contributed by atoms with Gasteiger partial charge in [0, 0.05) is 9.89 Å². The van der Waals surface area contributed by atoms with E-state index in [1.54, 1.807) is 0 Å². The molecule has 1 heteroatoms. The first-order valence-electron chi connectivity index (χ1n) is 7.17. The van der Waals surface area contributed by atoms with Gasteiger partial charge >= 0.3 is 0 Å². The third-order valence-corrected chi connectivity index (χ3v) is 5.28. The van der Waals surface area contributed by atoms with Crippen LogP contribution in [-0.4, -0.2) is 0 Å². The van der Waals surface area contributed by atoms with Crippen molar-refractivity contribution in [2.75, 3.05) is 0 Å². The lowest BCUT2D eigenvalue weighted by Gasteiger charge is -2.29. The van der Waals surface area contributed by atoms with E-state index >= 15 is 0 Å². The molecule has 1 aliphatic rings. The molecule has 4 rings (SSSR count). The maximum atomic E-state index is 3.78. The van der Waals surface area contributed by atoms with Gasteiger partial charge in [0.05, 0.1) is 0 Å². The van der Waals surface area contributed by atoms with Crippen molar-refractivity contribution in [3.63, 3.8) is 0 Å². The predicted octanol–water partition coefficient (Wildman–Crippen LogP) is 5.78. The monoisotopic (exact) mass is 334 g/mol. The second-order valence-corrected chi connectivity index (χ2v) is 6.55. The average Bonchev–Trinajstić information content (AvgIpc) is 2.81. The van der Waals surface area contributed by atoms with Crippen molar-refractivity contribution in [2.45, 2.75) is 12.3 Å². The van der Waals surface area contributed by atoms with Crippen LogP contribution in [0.25, 0.3) is 11.1 Å². The quantitative estimate of drug-likeness (QED) is 0.528. The van der Waals surface area contributed by atoms with E-state index < -0.39 is 0 Å². The van der Waals surface area contributed by atoms with Gasteiger partial charge in [-0.05, 0) is 40.8 Å². The highest BCUT2D eigenvalue weighted by molar-refractivity contribution is 9.10. The molecule has 0 bridgehead atoms. The molecule has 3 aromatic carbocycles. The van der Waals surface area contributed by atoms with E-state index in [-0.39, 0.29) is 5.41 Å². The van der Waals surface area contributed by atoms with E-state index in [2.05, 4.69) is 95.7 Å². The molecule has 1 aliphatic carbocycles. The number of benzene rings is 3. The average molecular weight is 335 g/mol. The van der Waals surface area contributed by atoms with E-state index in [1.807, 2.05) is 0 Å². The van der Waals surface area contributed by atoms with Crippen LogP contribution in [0.5, 0.6) is 0 Å². The lowest BCUT2D eigenvalue weighted by Crippen LogP contribution is -2.22. The van der Waals surface area contributed by atoms with E-state index in [0.717, 1.165) is 0 Å². The number of hydrogen-bond acceptors (Lipinski definition) is 0. The summed E-state index contributed by atoms with van der Waals surface area (Å²) in [6.45, 7) is 2.33. The fourth-order valence-electron chi connectivity index (χ4n) is 3.62. The molecule has 21 heavy (non-hydrogen) atoms. The molecule has 3 aromatic rings. The van der Waals surface area contributed by atoms with Crippen molar-refractivity contribution < 1.29 is 0 Å². The van der Waals surface area contributed by atoms with Crippen molar-refractivity contribution in [3.8, 4) is 11.1 Å². The zero-order chi connectivity index (χ0) is 14.4. The Hall–Kier alpha value is -1.86.